The molecule has 2 aromatic carbocycles. The molecule has 1 aliphatic heterocycles. The average molecular weight is 409 g/mol. The largest absolute Gasteiger partial charge is 0.493 e. The van der Waals surface area contributed by atoms with Crippen molar-refractivity contribution in [2.45, 2.75) is 19.9 Å². The average Bonchev–Trinajstić information content (AvgIpc) is 3.02. The zero-order valence-corrected chi connectivity index (χ0v) is 17.1. The molecule has 1 N–H and O–H groups in total. The summed E-state index contributed by atoms with van der Waals surface area (Å²) in [6.45, 7) is 4.08. The van der Waals surface area contributed by atoms with E-state index in [9.17, 15) is 14.7 Å². The smallest absolute Gasteiger partial charge is 0.290 e. The molecule has 0 aliphatic carbocycles. The Hall–Kier alpha value is -3.32. The number of carbonyl (C=O) groups is 1. The molecule has 0 fully saturated rings. The third kappa shape index (κ3) is 3.11. The summed E-state index contributed by atoms with van der Waals surface area (Å²) in [5, 5.41) is 9.98. The lowest BCUT2D eigenvalue weighted by atomic mass is 9.97. The minimum absolute atomic E-state index is 0.0163. The minimum Gasteiger partial charge on any atom is -0.493 e. The Morgan fingerprint density at radius 1 is 1.13 bits per heavy atom. The lowest BCUT2D eigenvalue weighted by Gasteiger charge is -2.25. The highest BCUT2D eigenvalue weighted by Gasteiger charge is 2.42. The number of aliphatic hydroxyl groups is 1. The maximum atomic E-state index is 13.4. The maximum Gasteiger partial charge on any atom is 0.290 e. The third-order valence-electron chi connectivity index (χ3n) is 5.27. The van der Waals surface area contributed by atoms with Crippen LogP contribution in [0.1, 0.15) is 40.2 Å². The van der Waals surface area contributed by atoms with Gasteiger partial charge in [-0.15, -0.1) is 0 Å². The molecule has 4 rings (SSSR count). The highest BCUT2D eigenvalue weighted by atomic mass is 16.5. The van der Waals surface area contributed by atoms with Gasteiger partial charge in [0.25, 0.3) is 5.91 Å². The van der Waals surface area contributed by atoms with Crippen molar-refractivity contribution in [3.05, 3.63) is 69.1 Å². The molecular formula is C23H23NO6. The van der Waals surface area contributed by atoms with Gasteiger partial charge in [-0.1, -0.05) is 17.7 Å². The van der Waals surface area contributed by atoms with Crippen molar-refractivity contribution in [2.24, 2.45) is 0 Å². The summed E-state index contributed by atoms with van der Waals surface area (Å²) in [7, 11) is 1.53. The summed E-state index contributed by atoms with van der Waals surface area (Å²) < 4.78 is 16.9. The second-order valence-electron chi connectivity index (χ2n) is 7.14. The van der Waals surface area contributed by atoms with Gasteiger partial charge in [-0.2, -0.15) is 0 Å². The van der Waals surface area contributed by atoms with E-state index in [0.29, 0.717) is 34.6 Å². The number of hydrogen-bond acceptors (Lipinski definition) is 6. The number of ether oxygens (including phenoxy) is 2. The normalized spacial score (nSPS) is 15.5. The fourth-order valence-corrected chi connectivity index (χ4v) is 3.95. The van der Waals surface area contributed by atoms with Crippen LogP contribution >= 0.6 is 0 Å². The molecule has 7 heteroatoms. The van der Waals surface area contributed by atoms with Crippen LogP contribution in [0.3, 0.4) is 0 Å². The molecule has 1 unspecified atom stereocenters. The van der Waals surface area contributed by atoms with Gasteiger partial charge < -0.3 is 23.9 Å². The Bertz CT molecular complexity index is 1180. The molecule has 0 saturated carbocycles. The van der Waals surface area contributed by atoms with Crippen molar-refractivity contribution < 1.29 is 23.8 Å². The van der Waals surface area contributed by atoms with Gasteiger partial charge in [0.1, 0.15) is 5.58 Å². The molecular weight excluding hydrogens is 386 g/mol. The standard InChI is InChI=1S/C23H23NO6/c1-4-29-17-8-6-14(12-18(17)28-3)20-19-21(26)15-11-13(2)5-7-16(15)30-22(19)23(27)24(20)9-10-25/h5-8,11-12,20,25H,4,9-10H2,1-3H3. The maximum absolute atomic E-state index is 13.4. The molecule has 156 valence electrons. The highest BCUT2D eigenvalue weighted by molar-refractivity contribution is 5.99. The topological polar surface area (TPSA) is 89.2 Å². The Balaban J connectivity index is 1.95. The number of methoxy groups -OCH3 is 1. The number of amides is 1. The Morgan fingerprint density at radius 3 is 2.63 bits per heavy atom. The number of β-amino-alcohol motifs (C(OH)–C–C–N with tert-alkyl or cyclic N) is 1. The summed E-state index contributed by atoms with van der Waals surface area (Å²) in [5.74, 6) is 0.669. The predicted molar refractivity (Wildman–Crippen MR) is 111 cm³/mol. The molecule has 0 bridgehead atoms. The van der Waals surface area contributed by atoms with Crippen molar-refractivity contribution in [3.63, 3.8) is 0 Å². The van der Waals surface area contributed by atoms with E-state index in [1.165, 1.54) is 12.0 Å². The molecule has 1 amide bonds. The third-order valence-corrected chi connectivity index (χ3v) is 5.27. The van der Waals surface area contributed by atoms with Crippen molar-refractivity contribution in [3.8, 4) is 11.5 Å². The first-order valence-electron chi connectivity index (χ1n) is 9.80. The quantitative estimate of drug-likeness (QED) is 0.673. The summed E-state index contributed by atoms with van der Waals surface area (Å²) in [5.41, 5.74) is 1.99. The van der Waals surface area contributed by atoms with Crippen LogP contribution in [0, 0.1) is 6.92 Å². The van der Waals surface area contributed by atoms with E-state index in [0.717, 1.165) is 5.56 Å². The minimum atomic E-state index is -0.689. The zero-order valence-electron chi connectivity index (χ0n) is 17.1. The Morgan fingerprint density at radius 2 is 1.93 bits per heavy atom. The van der Waals surface area contributed by atoms with E-state index in [1.54, 1.807) is 30.3 Å². The Kier molecular flexibility index (Phi) is 5.22. The van der Waals surface area contributed by atoms with Gasteiger partial charge in [-0.05, 0) is 43.7 Å². The molecule has 0 saturated heterocycles. The number of fused-ring (bicyclic) bond motifs is 2. The number of rotatable bonds is 6. The lowest BCUT2D eigenvalue weighted by molar-refractivity contribution is 0.0691. The van der Waals surface area contributed by atoms with E-state index < -0.39 is 11.9 Å². The van der Waals surface area contributed by atoms with Crippen LogP contribution in [-0.2, 0) is 0 Å². The van der Waals surface area contributed by atoms with Crippen LogP contribution in [0.4, 0.5) is 0 Å². The first kappa shape index (κ1) is 20.0. The van der Waals surface area contributed by atoms with Gasteiger partial charge in [0, 0.05) is 6.54 Å². The van der Waals surface area contributed by atoms with Crippen molar-refractivity contribution in [2.75, 3.05) is 26.9 Å². The summed E-state index contributed by atoms with van der Waals surface area (Å²) in [6.07, 6.45) is 0. The van der Waals surface area contributed by atoms with Crippen LogP contribution in [0.15, 0.2) is 45.6 Å². The van der Waals surface area contributed by atoms with Gasteiger partial charge in [-0.25, -0.2) is 0 Å². The molecule has 0 radical (unpaired) electrons. The highest BCUT2D eigenvalue weighted by Crippen LogP contribution is 2.40. The van der Waals surface area contributed by atoms with Crippen molar-refractivity contribution >= 4 is 16.9 Å². The van der Waals surface area contributed by atoms with Gasteiger partial charge in [0.15, 0.2) is 16.9 Å². The van der Waals surface area contributed by atoms with Crippen LogP contribution in [-0.4, -0.2) is 42.8 Å². The van der Waals surface area contributed by atoms with E-state index in [2.05, 4.69) is 0 Å². The summed E-state index contributed by atoms with van der Waals surface area (Å²) in [6, 6.07) is 9.90. The number of aliphatic hydroxyl groups excluding tert-OH is 1. The van der Waals surface area contributed by atoms with Crippen LogP contribution < -0.4 is 14.9 Å². The lowest BCUT2D eigenvalue weighted by Crippen LogP contribution is -2.32. The Labute approximate surface area is 173 Å². The number of benzene rings is 2. The molecule has 1 atom stereocenters. The van der Waals surface area contributed by atoms with Crippen molar-refractivity contribution in [1.82, 2.24) is 4.90 Å². The zero-order chi connectivity index (χ0) is 21.4. The molecule has 3 aromatic rings. The van der Waals surface area contributed by atoms with Crippen LogP contribution in [0.2, 0.25) is 0 Å². The number of nitrogens with zero attached hydrogens (tertiary/aromatic N) is 1. The van der Waals surface area contributed by atoms with E-state index in [1.807, 2.05) is 19.9 Å². The van der Waals surface area contributed by atoms with Gasteiger partial charge in [-0.3, -0.25) is 9.59 Å². The second-order valence-corrected chi connectivity index (χ2v) is 7.14. The van der Waals surface area contributed by atoms with Gasteiger partial charge >= 0.3 is 0 Å². The van der Waals surface area contributed by atoms with Gasteiger partial charge in [0.2, 0.25) is 5.76 Å². The predicted octanol–water partition coefficient (Wildman–Crippen LogP) is 3.05. The van der Waals surface area contributed by atoms with E-state index >= 15 is 0 Å². The molecule has 0 spiro atoms. The second kappa shape index (κ2) is 7.84. The monoisotopic (exact) mass is 409 g/mol. The SMILES string of the molecule is CCOc1ccc(C2c3c(oc4ccc(C)cc4c3=O)C(=O)N2CCO)cc1OC. The summed E-state index contributed by atoms with van der Waals surface area (Å²) >= 11 is 0. The first-order chi connectivity index (χ1) is 14.5. The van der Waals surface area contributed by atoms with E-state index in [-0.39, 0.29) is 29.9 Å². The fraction of sp³-hybridized carbons (Fsp3) is 0.304. The van der Waals surface area contributed by atoms with E-state index in [4.69, 9.17) is 13.9 Å². The molecule has 1 aliphatic rings. The van der Waals surface area contributed by atoms with Crippen LogP contribution in [0.5, 0.6) is 11.5 Å². The number of hydrogen-bond donors (Lipinski definition) is 1. The molecule has 30 heavy (non-hydrogen) atoms. The fourth-order valence-electron chi connectivity index (χ4n) is 3.95. The first-order valence-corrected chi connectivity index (χ1v) is 9.80. The van der Waals surface area contributed by atoms with Crippen LogP contribution in [0.25, 0.3) is 11.0 Å². The van der Waals surface area contributed by atoms with Gasteiger partial charge in [0.05, 0.1) is 37.3 Å². The molecule has 1 aromatic heterocycles. The number of carbonyl (C=O) groups excluding carboxylic acids is 1. The number of aryl methyl sites for hydroxylation is 1. The van der Waals surface area contributed by atoms with Crippen molar-refractivity contribution in [1.29, 1.82) is 0 Å². The summed E-state index contributed by atoms with van der Waals surface area (Å²) in [4.78, 5) is 28.0. The molecule has 2 heterocycles. The molecule has 7 nitrogen and oxygen atoms in total.